The topological polar surface area (TPSA) is 50.1 Å². The first-order valence-electron chi connectivity index (χ1n) is 6.19. The summed E-state index contributed by atoms with van der Waals surface area (Å²) in [5.41, 5.74) is 0. The van der Waals surface area contributed by atoms with Gasteiger partial charge in [-0.25, -0.2) is 0 Å². The Morgan fingerprint density at radius 3 is 2.50 bits per heavy atom. The molecule has 0 amide bonds. The second-order valence-corrected chi connectivity index (χ2v) is 6.63. The third-order valence-corrected chi connectivity index (χ3v) is 5.95. The van der Waals surface area contributed by atoms with Crippen LogP contribution in [0.15, 0.2) is 0 Å². The molecule has 4 heteroatoms. The summed E-state index contributed by atoms with van der Waals surface area (Å²) in [5, 5.41) is 9.50. The maximum Gasteiger partial charge on any atom is 0.0668 e. The van der Waals surface area contributed by atoms with Crippen LogP contribution >= 0.6 is 0 Å². The maximum absolute atomic E-state index is 12.4. The van der Waals surface area contributed by atoms with Gasteiger partial charge in [0.25, 0.3) is 0 Å². The Bertz CT molecular complexity index is 294. The second kappa shape index (κ2) is 5.79. The van der Waals surface area contributed by atoms with Gasteiger partial charge in [0.2, 0.25) is 0 Å². The van der Waals surface area contributed by atoms with Crippen LogP contribution in [-0.4, -0.2) is 27.9 Å². The van der Waals surface area contributed by atoms with Crippen molar-refractivity contribution in [1.82, 2.24) is 0 Å². The summed E-state index contributed by atoms with van der Waals surface area (Å²) in [6, 6.07) is 2.35. The molecule has 16 heavy (non-hydrogen) atoms. The van der Waals surface area contributed by atoms with Gasteiger partial charge in [-0.15, -0.1) is 0 Å². The molecule has 3 nitrogen and oxygen atoms in total. The Morgan fingerprint density at radius 1 is 1.12 bits per heavy atom. The predicted octanol–water partition coefficient (Wildman–Crippen LogP) is 2.00. The van der Waals surface area contributed by atoms with Gasteiger partial charge < -0.3 is 4.74 Å². The highest BCUT2D eigenvalue weighted by molar-refractivity contribution is 7.86. The lowest BCUT2D eigenvalue weighted by Gasteiger charge is -2.31. The molecule has 1 saturated heterocycles. The summed E-state index contributed by atoms with van der Waals surface area (Å²) in [7, 11) is -0.825. The minimum absolute atomic E-state index is 0.0254. The van der Waals surface area contributed by atoms with Crippen molar-refractivity contribution in [3.63, 3.8) is 0 Å². The van der Waals surface area contributed by atoms with Gasteiger partial charge in [0.05, 0.1) is 17.2 Å². The Balaban J connectivity index is 1.98. The fraction of sp³-hybridized carbons (Fsp3) is 0.917. The molecule has 1 saturated carbocycles. The number of nitrogens with zero attached hydrogens (tertiary/aromatic N) is 1. The highest BCUT2D eigenvalue weighted by Gasteiger charge is 2.34. The zero-order valence-electron chi connectivity index (χ0n) is 9.56. The highest BCUT2D eigenvalue weighted by Crippen LogP contribution is 2.31. The third kappa shape index (κ3) is 2.64. The van der Waals surface area contributed by atoms with Gasteiger partial charge in [-0.05, 0) is 25.7 Å². The minimum atomic E-state index is -0.825. The quantitative estimate of drug-likeness (QED) is 0.743. The van der Waals surface area contributed by atoms with E-state index in [-0.39, 0.29) is 16.4 Å². The molecule has 0 bridgehead atoms. The van der Waals surface area contributed by atoms with Crippen LogP contribution < -0.4 is 0 Å². The number of nitriles is 1. The summed E-state index contributed by atoms with van der Waals surface area (Å²) in [6.07, 6.45) is 5.98. The first-order chi connectivity index (χ1) is 7.83. The molecule has 2 rings (SSSR count). The molecule has 1 aliphatic heterocycles. The molecule has 1 heterocycles. The SMILES string of the molecule is N#CC1CCCCC1S(=O)C1CCOCC1. The van der Waals surface area contributed by atoms with E-state index in [2.05, 4.69) is 6.07 Å². The van der Waals surface area contributed by atoms with Gasteiger partial charge in [0.15, 0.2) is 0 Å². The van der Waals surface area contributed by atoms with E-state index >= 15 is 0 Å². The summed E-state index contributed by atoms with van der Waals surface area (Å²) >= 11 is 0. The first kappa shape index (κ1) is 12.1. The van der Waals surface area contributed by atoms with Crippen LogP contribution in [0.2, 0.25) is 0 Å². The van der Waals surface area contributed by atoms with Crippen LogP contribution in [-0.2, 0) is 15.5 Å². The fourth-order valence-electron chi connectivity index (χ4n) is 2.68. The Hall–Kier alpha value is -0.400. The zero-order chi connectivity index (χ0) is 11.4. The van der Waals surface area contributed by atoms with Crippen molar-refractivity contribution in [2.45, 2.75) is 49.0 Å². The molecular weight excluding hydrogens is 222 g/mol. The zero-order valence-corrected chi connectivity index (χ0v) is 10.4. The average molecular weight is 241 g/mol. The van der Waals surface area contributed by atoms with Gasteiger partial charge in [-0.3, -0.25) is 4.21 Å². The van der Waals surface area contributed by atoms with Crippen molar-refractivity contribution < 1.29 is 8.95 Å². The number of hydrogen-bond acceptors (Lipinski definition) is 3. The smallest absolute Gasteiger partial charge is 0.0668 e. The summed E-state index contributed by atoms with van der Waals surface area (Å²) in [6.45, 7) is 1.47. The molecule has 1 aliphatic carbocycles. The Morgan fingerprint density at radius 2 is 1.81 bits per heavy atom. The molecule has 3 unspecified atom stereocenters. The van der Waals surface area contributed by atoms with Crippen LogP contribution in [0.4, 0.5) is 0 Å². The largest absolute Gasteiger partial charge is 0.381 e. The second-order valence-electron chi connectivity index (χ2n) is 4.70. The maximum atomic E-state index is 12.4. The molecule has 0 aromatic carbocycles. The summed E-state index contributed by atoms with van der Waals surface area (Å²) in [4.78, 5) is 0. The van der Waals surface area contributed by atoms with Crippen LogP contribution in [0.25, 0.3) is 0 Å². The van der Waals surface area contributed by atoms with E-state index in [1.165, 1.54) is 0 Å². The van der Waals surface area contributed by atoms with Gasteiger partial charge >= 0.3 is 0 Å². The van der Waals surface area contributed by atoms with E-state index < -0.39 is 10.8 Å². The molecule has 0 aromatic rings. The third-order valence-electron chi connectivity index (χ3n) is 3.66. The molecule has 3 atom stereocenters. The van der Waals surface area contributed by atoms with Gasteiger partial charge in [0.1, 0.15) is 0 Å². The lowest BCUT2D eigenvalue weighted by Crippen LogP contribution is -2.36. The molecule has 2 fully saturated rings. The van der Waals surface area contributed by atoms with Crippen molar-refractivity contribution in [1.29, 1.82) is 5.26 Å². The lowest BCUT2D eigenvalue weighted by atomic mass is 9.90. The van der Waals surface area contributed by atoms with Crippen LogP contribution in [0, 0.1) is 17.2 Å². The monoisotopic (exact) mass is 241 g/mol. The molecular formula is C12H19NO2S. The minimum Gasteiger partial charge on any atom is -0.381 e. The van der Waals surface area contributed by atoms with E-state index in [4.69, 9.17) is 10.00 Å². The summed E-state index contributed by atoms with van der Waals surface area (Å²) < 4.78 is 17.7. The van der Waals surface area contributed by atoms with Crippen LogP contribution in [0.3, 0.4) is 0 Å². The molecule has 0 radical (unpaired) electrons. The van der Waals surface area contributed by atoms with E-state index in [0.717, 1.165) is 51.7 Å². The van der Waals surface area contributed by atoms with Crippen LogP contribution in [0.5, 0.6) is 0 Å². The van der Waals surface area contributed by atoms with Crippen molar-refractivity contribution in [2.24, 2.45) is 5.92 Å². The van der Waals surface area contributed by atoms with E-state index in [1.54, 1.807) is 0 Å². The van der Waals surface area contributed by atoms with Crippen molar-refractivity contribution >= 4 is 10.8 Å². The number of rotatable bonds is 2. The van der Waals surface area contributed by atoms with Gasteiger partial charge in [-0.1, -0.05) is 12.8 Å². The lowest BCUT2D eigenvalue weighted by molar-refractivity contribution is 0.0989. The van der Waals surface area contributed by atoms with E-state index in [0.29, 0.717) is 0 Å². The van der Waals surface area contributed by atoms with E-state index in [1.807, 2.05) is 0 Å². The number of ether oxygens (including phenoxy) is 1. The molecule has 0 N–H and O–H groups in total. The predicted molar refractivity (Wildman–Crippen MR) is 63.3 cm³/mol. The average Bonchev–Trinajstić information content (AvgIpc) is 2.39. The van der Waals surface area contributed by atoms with Crippen LogP contribution in [0.1, 0.15) is 38.5 Å². The Kier molecular flexibility index (Phi) is 4.37. The van der Waals surface area contributed by atoms with Crippen molar-refractivity contribution in [3.05, 3.63) is 0 Å². The van der Waals surface area contributed by atoms with Gasteiger partial charge in [-0.2, -0.15) is 5.26 Å². The normalized spacial score (nSPS) is 34.2. The Labute approximate surface area is 99.6 Å². The number of hydrogen-bond donors (Lipinski definition) is 0. The molecule has 0 aromatic heterocycles. The molecule has 0 spiro atoms. The fourth-order valence-corrected chi connectivity index (χ4v) is 4.75. The van der Waals surface area contributed by atoms with Crippen molar-refractivity contribution in [2.75, 3.05) is 13.2 Å². The molecule has 90 valence electrons. The molecule has 2 aliphatic rings. The highest BCUT2D eigenvalue weighted by atomic mass is 32.2. The standard InChI is InChI=1S/C12H19NO2S/c13-9-10-3-1-2-4-12(10)16(14)11-5-7-15-8-6-11/h10-12H,1-8H2. The van der Waals surface area contributed by atoms with Crippen molar-refractivity contribution in [3.8, 4) is 6.07 Å². The van der Waals surface area contributed by atoms with E-state index in [9.17, 15) is 4.21 Å². The van der Waals surface area contributed by atoms with Gasteiger partial charge in [0, 0.05) is 29.3 Å². The first-order valence-corrected chi connectivity index (χ1v) is 7.47. The summed E-state index contributed by atoms with van der Waals surface area (Å²) in [5.74, 6) is 0.0254.